The maximum atomic E-state index is 12.0. The molecule has 0 N–H and O–H groups in total. The number of aromatic nitrogens is 2. The van der Waals surface area contributed by atoms with Crippen molar-refractivity contribution in [1.29, 1.82) is 5.26 Å². The van der Waals surface area contributed by atoms with E-state index in [9.17, 15) is 4.79 Å². The third kappa shape index (κ3) is 4.43. The summed E-state index contributed by atoms with van der Waals surface area (Å²) in [5.41, 5.74) is 0.563. The van der Waals surface area contributed by atoms with Gasteiger partial charge in [-0.15, -0.1) is 0 Å². The minimum atomic E-state index is -0.752. The van der Waals surface area contributed by atoms with Crippen molar-refractivity contribution < 1.29 is 18.8 Å². The Morgan fingerprint density at radius 1 is 1.38 bits per heavy atom. The maximum absolute atomic E-state index is 12.0. The molecule has 7 nitrogen and oxygen atoms in total. The quantitative estimate of drug-likeness (QED) is 0.457. The largest absolute Gasteiger partial charge is 0.497 e. The molecule has 0 atom stereocenters. The second-order valence-corrected chi connectivity index (χ2v) is 5.22. The molecule has 0 spiro atoms. The molecule has 0 aliphatic heterocycles. The zero-order valence-corrected chi connectivity index (χ0v) is 13.6. The van der Waals surface area contributed by atoms with E-state index in [2.05, 4.69) is 10.1 Å². The summed E-state index contributed by atoms with van der Waals surface area (Å²) in [5, 5.41) is 12.9. The molecule has 7 heteroatoms. The Labute approximate surface area is 139 Å². The van der Waals surface area contributed by atoms with Crippen molar-refractivity contribution in [2.75, 3.05) is 7.11 Å². The van der Waals surface area contributed by atoms with Crippen LogP contribution in [0.2, 0.25) is 0 Å². The standard InChI is InChI=1S/C17H17N3O4/c1-11(2)16-19-15(24-20-16)10-23-17(21)13(9-18)8-12-4-6-14(22-3)7-5-12/h4-8,11H,10H2,1-3H3/b13-8+. The van der Waals surface area contributed by atoms with Crippen LogP contribution >= 0.6 is 0 Å². The van der Waals surface area contributed by atoms with Gasteiger partial charge in [-0.3, -0.25) is 0 Å². The smallest absolute Gasteiger partial charge is 0.349 e. The minimum absolute atomic E-state index is 0.114. The monoisotopic (exact) mass is 327 g/mol. The second-order valence-electron chi connectivity index (χ2n) is 5.22. The van der Waals surface area contributed by atoms with Gasteiger partial charge in [-0.05, 0) is 23.8 Å². The van der Waals surface area contributed by atoms with Gasteiger partial charge in [0.1, 0.15) is 17.4 Å². The Hall–Kier alpha value is -3.14. The van der Waals surface area contributed by atoms with Crippen molar-refractivity contribution in [1.82, 2.24) is 10.1 Å². The Morgan fingerprint density at radius 3 is 2.62 bits per heavy atom. The third-order valence-corrected chi connectivity index (χ3v) is 3.09. The molecular formula is C17H17N3O4. The number of hydrogen-bond donors (Lipinski definition) is 0. The van der Waals surface area contributed by atoms with Gasteiger partial charge in [0.15, 0.2) is 12.4 Å². The molecule has 24 heavy (non-hydrogen) atoms. The van der Waals surface area contributed by atoms with E-state index in [0.717, 1.165) is 0 Å². The summed E-state index contributed by atoms with van der Waals surface area (Å²) in [6, 6.07) is 8.76. The number of hydrogen-bond acceptors (Lipinski definition) is 7. The van der Waals surface area contributed by atoms with E-state index in [4.69, 9.17) is 19.3 Å². The fourth-order valence-electron chi connectivity index (χ4n) is 1.77. The highest BCUT2D eigenvalue weighted by Gasteiger charge is 2.15. The van der Waals surface area contributed by atoms with Crippen LogP contribution < -0.4 is 4.74 Å². The van der Waals surface area contributed by atoms with E-state index in [1.165, 1.54) is 6.08 Å². The van der Waals surface area contributed by atoms with Gasteiger partial charge in [0.2, 0.25) is 0 Å². The fraction of sp³-hybridized carbons (Fsp3) is 0.294. The lowest BCUT2D eigenvalue weighted by molar-refractivity contribution is -0.140. The molecular weight excluding hydrogens is 310 g/mol. The van der Waals surface area contributed by atoms with Crippen molar-refractivity contribution in [3.8, 4) is 11.8 Å². The number of rotatable bonds is 6. The molecule has 0 fully saturated rings. The number of benzene rings is 1. The van der Waals surface area contributed by atoms with Crippen molar-refractivity contribution in [3.63, 3.8) is 0 Å². The van der Waals surface area contributed by atoms with Gasteiger partial charge < -0.3 is 14.0 Å². The van der Waals surface area contributed by atoms with Gasteiger partial charge in [0, 0.05) is 5.92 Å². The topological polar surface area (TPSA) is 98.2 Å². The van der Waals surface area contributed by atoms with E-state index in [-0.39, 0.29) is 24.0 Å². The van der Waals surface area contributed by atoms with Gasteiger partial charge in [0.05, 0.1) is 7.11 Å². The Morgan fingerprint density at radius 2 is 2.08 bits per heavy atom. The first-order valence-corrected chi connectivity index (χ1v) is 7.29. The van der Waals surface area contributed by atoms with Crippen molar-refractivity contribution >= 4 is 12.0 Å². The molecule has 1 aromatic carbocycles. The zero-order chi connectivity index (χ0) is 17.5. The van der Waals surface area contributed by atoms with Crippen LogP contribution in [0.3, 0.4) is 0 Å². The predicted molar refractivity (Wildman–Crippen MR) is 84.8 cm³/mol. The first-order chi connectivity index (χ1) is 11.5. The van der Waals surface area contributed by atoms with Crippen LogP contribution in [-0.4, -0.2) is 23.2 Å². The second kappa shape index (κ2) is 7.92. The highest BCUT2D eigenvalue weighted by molar-refractivity contribution is 5.97. The molecule has 0 aliphatic carbocycles. The molecule has 0 saturated carbocycles. The number of methoxy groups -OCH3 is 1. The molecule has 124 valence electrons. The summed E-state index contributed by atoms with van der Waals surface area (Å²) in [5.74, 6) is 0.773. The van der Waals surface area contributed by atoms with Gasteiger partial charge in [-0.1, -0.05) is 31.1 Å². The summed E-state index contributed by atoms with van der Waals surface area (Å²) in [6.45, 7) is 3.66. The summed E-state index contributed by atoms with van der Waals surface area (Å²) in [4.78, 5) is 16.1. The van der Waals surface area contributed by atoms with Crippen molar-refractivity contribution in [3.05, 3.63) is 47.1 Å². The van der Waals surface area contributed by atoms with Crippen LogP contribution in [0, 0.1) is 11.3 Å². The lowest BCUT2D eigenvalue weighted by Gasteiger charge is -2.02. The molecule has 0 aliphatic rings. The molecule has 0 saturated heterocycles. The lowest BCUT2D eigenvalue weighted by Crippen LogP contribution is -2.07. The molecule has 0 unspecified atom stereocenters. The summed E-state index contributed by atoms with van der Waals surface area (Å²) in [7, 11) is 1.56. The first-order valence-electron chi connectivity index (χ1n) is 7.29. The third-order valence-electron chi connectivity index (χ3n) is 3.09. The molecule has 1 aromatic heterocycles. The van der Waals surface area contributed by atoms with E-state index in [1.807, 2.05) is 19.9 Å². The minimum Gasteiger partial charge on any atom is -0.497 e. The van der Waals surface area contributed by atoms with Gasteiger partial charge in [-0.25, -0.2) is 4.79 Å². The van der Waals surface area contributed by atoms with E-state index >= 15 is 0 Å². The van der Waals surface area contributed by atoms with Crippen LogP contribution in [0.1, 0.15) is 37.0 Å². The summed E-state index contributed by atoms with van der Waals surface area (Å²) >= 11 is 0. The molecule has 2 rings (SSSR count). The molecule has 0 radical (unpaired) electrons. The number of esters is 1. The Bertz CT molecular complexity index is 770. The van der Waals surface area contributed by atoms with Crippen LogP contribution in [0.5, 0.6) is 5.75 Å². The molecule has 2 aromatic rings. The number of carbonyl (C=O) groups is 1. The van der Waals surface area contributed by atoms with Gasteiger partial charge in [0.25, 0.3) is 5.89 Å². The van der Waals surface area contributed by atoms with E-state index < -0.39 is 5.97 Å². The summed E-state index contributed by atoms with van der Waals surface area (Å²) < 4.78 is 15.1. The first kappa shape index (κ1) is 17.2. The molecule has 1 heterocycles. The molecule has 0 amide bonds. The van der Waals surface area contributed by atoms with Gasteiger partial charge in [-0.2, -0.15) is 10.2 Å². The SMILES string of the molecule is COc1ccc(/C=C(\C#N)C(=O)OCc2nc(C(C)C)no2)cc1. The predicted octanol–water partition coefficient (Wildman–Crippen LogP) is 2.85. The van der Waals surface area contributed by atoms with Crippen LogP contribution in [0.25, 0.3) is 6.08 Å². The number of nitriles is 1. The molecule has 0 bridgehead atoms. The Kier molecular flexibility index (Phi) is 5.68. The number of carbonyl (C=O) groups excluding carboxylic acids is 1. The highest BCUT2D eigenvalue weighted by Crippen LogP contribution is 2.15. The average molecular weight is 327 g/mol. The zero-order valence-electron chi connectivity index (χ0n) is 13.6. The van der Waals surface area contributed by atoms with E-state index in [1.54, 1.807) is 31.4 Å². The number of ether oxygens (including phenoxy) is 2. The maximum Gasteiger partial charge on any atom is 0.349 e. The average Bonchev–Trinajstić information content (AvgIpc) is 3.07. The highest BCUT2D eigenvalue weighted by atomic mass is 16.6. The lowest BCUT2D eigenvalue weighted by atomic mass is 10.1. The summed E-state index contributed by atoms with van der Waals surface area (Å²) in [6.07, 6.45) is 1.44. The fourth-order valence-corrected chi connectivity index (χ4v) is 1.77. The van der Waals surface area contributed by atoms with Crippen molar-refractivity contribution in [2.45, 2.75) is 26.4 Å². The van der Waals surface area contributed by atoms with Crippen LogP contribution in [-0.2, 0) is 16.1 Å². The van der Waals surface area contributed by atoms with Crippen LogP contribution in [0.4, 0.5) is 0 Å². The normalized spacial score (nSPS) is 11.2. The number of nitrogens with zero attached hydrogens (tertiary/aromatic N) is 3. The van der Waals surface area contributed by atoms with Gasteiger partial charge >= 0.3 is 5.97 Å². The Balaban J connectivity index is 2.02. The van der Waals surface area contributed by atoms with E-state index in [0.29, 0.717) is 17.1 Å². The van der Waals surface area contributed by atoms with Crippen molar-refractivity contribution in [2.24, 2.45) is 0 Å². The van der Waals surface area contributed by atoms with Crippen LogP contribution in [0.15, 0.2) is 34.4 Å².